The van der Waals surface area contributed by atoms with Crippen LogP contribution >= 0.6 is 0 Å². The van der Waals surface area contributed by atoms with Gasteiger partial charge in [0.1, 0.15) is 29.0 Å². The molecule has 1 atom stereocenters. The zero-order chi connectivity index (χ0) is 14.6. The van der Waals surface area contributed by atoms with Gasteiger partial charge in [0.05, 0.1) is 18.2 Å². The van der Waals surface area contributed by atoms with E-state index < -0.39 is 0 Å². The highest BCUT2D eigenvalue weighted by atomic mass is 16.5. The predicted octanol–water partition coefficient (Wildman–Crippen LogP) is 2.29. The first-order valence-electron chi connectivity index (χ1n) is 7.15. The summed E-state index contributed by atoms with van der Waals surface area (Å²) in [6.07, 6.45) is 1.78. The molecule has 21 heavy (non-hydrogen) atoms. The van der Waals surface area contributed by atoms with Crippen molar-refractivity contribution >= 4 is 27.9 Å². The van der Waals surface area contributed by atoms with Gasteiger partial charge in [-0.1, -0.05) is 13.8 Å². The molecule has 6 nitrogen and oxygen atoms in total. The van der Waals surface area contributed by atoms with Gasteiger partial charge >= 0.3 is 0 Å². The molecule has 4 rings (SSSR count). The van der Waals surface area contributed by atoms with Gasteiger partial charge < -0.3 is 15.0 Å². The average molecular weight is 283 g/mol. The van der Waals surface area contributed by atoms with Crippen molar-refractivity contribution in [1.82, 2.24) is 19.5 Å². The minimum Gasteiger partial charge on any atom is -0.382 e. The van der Waals surface area contributed by atoms with Crippen LogP contribution in [0.5, 0.6) is 0 Å². The van der Waals surface area contributed by atoms with E-state index in [1.165, 1.54) is 0 Å². The van der Waals surface area contributed by atoms with Crippen molar-refractivity contribution in [1.29, 1.82) is 0 Å². The van der Waals surface area contributed by atoms with Crippen LogP contribution in [0.1, 0.15) is 25.7 Å². The van der Waals surface area contributed by atoms with Crippen LogP contribution < -0.4 is 5.73 Å². The number of rotatable bonds is 1. The van der Waals surface area contributed by atoms with Gasteiger partial charge in [-0.25, -0.2) is 9.97 Å². The Morgan fingerprint density at radius 2 is 2.19 bits per heavy atom. The number of aromatic nitrogens is 4. The zero-order valence-electron chi connectivity index (χ0n) is 12.1. The van der Waals surface area contributed by atoms with Crippen LogP contribution in [0.15, 0.2) is 18.3 Å². The summed E-state index contributed by atoms with van der Waals surface area (Å²) in [5.74, 6) is 1.80. The molecule has 2 N–H and O–H groups in total. The van der Waals surface area contributed by atoms with E-state index in [9.17, 15) is 0 Å². The molecule has 0 radical (unpaired) electrons. The van der Waals surface area contributed by atoms with E-state index in [-0.39, 0.29) is 6.04 Å². The third-order valence-electron chi connectivity index (χ3n) is 4.10. The first-order chi connectivity index (χ1) is 10.2. The van der Waals surface area contributed by atoms with Gasteiger partial charge in [0.25, 0.3) is 0 Å². The second-order valence-electron chi connectivity index (χ2n) is 5.79. The molecule has 0 saturated heterocycles. The summed E-state index contributed by atoms with van der Waals surface area (Å²) in [6, 6.07) is 4.05. The number of ether oxygens (including phenoxy) is 1. The molecule has 0 aromatic carbocycles. The van der Waals surface area contributed by atoms with E-state index >= 15 is 0 Å². The van der Waals surface area contributed by atoms with Crippen LogP contribution in [0.2, 0.25) is 0 Å². The number of imidazole rings is 1. The molecule has 0 aliphatic carbocycles. The highest BCUT2D eigenvalue weighted by Crippen LogP contribution is 2.34. The summed E-state index contributed by atoms with van der Waals surface area (Å²) in [6.45, 7) is 5.57. The van der Waals surface area contributed by atoms with Crippen LogP contribution in [0, 0.1) is 5.92 Å². The molecule has 6 heteroatoms. The lowest BCUT2D eigenvalue weighted by atomic mass is 10.0. The van der Waals surface area contributed by atoms with E-state index in [0.717, 1.165) is 27.9 Å². The molecule has 4 heterocycles. The molecule has 0 fully saturated rings. The predicted molar refractivity (Wildman–Crippen MR) is 80.8 cm³/mol. The Hall–Kier alpha value is -2.21. The molecular weight excluding hydrogens is 266 g/mol. The maximum Gasteiger partial charge on any atom is 0.152 e. The number of anilines is 1. The van der Waals surface area contributed by atoms with Crippen molar-refractivity contribution in [3.8, 4) is 0 Å². The molecule has 1 aliphatic heterocycles. The summed E-state index contributed by atoms with van der Waals surface area (Å²) in [4.78, 5) is 13.6. The minimum absolute atomic E-state index is 0.241. The van der Waals surface area contributed by atoms with Gasteiger partial charge in [0.2, 0.25) is 0 Å². The third kappa shape index (κ3) is 1.72. The van der Waals surface area contributed by atoms with Crippen molar-refractivity contribution in [3.63, 3.8) is 0 Å². The number of hydrogen-bond acceptors (Lipinski definition) is 5. The lowest BCUT2D eigenvalue weighted by molar-refractivity contribution is 0.0418. The number of nitrogen functional groups attached to an aromatic ring is 1. The van der Waals surface area contributed by atoms with Gasteiger partial charge in [0.15, 0.2) is 5.82 Å². The topological polar surface area (TPSA) is 78.8 Å². The largest absolute Gasteiger partial charge is 0.382 e. The number of nitrogens with zero attached hydrogens (tertiary/aromatic N) is 4. The Morgan fingerprint density at radius 3 is 3.00 bits per heavy atom. The Balaban J connectivity index is 2.16. The average Bonchev–Trinajstić information content (AvgIpc) is 2.87. The molecule has 0 unspecified atom stereocenters. The van der Waals surface area contributed by atoms with Crippen molar-refractivity contribution < 1.29 is 4.74 Å². The zero-order valence-corrected chi connectivity index (χ0v) is 12.1. The number of fused-ring (bicyclic) bond motifs is 5. The van der Waals surface area contributed by atoms with E-state index in [1.807, 2.05) is 12.1 Å². The Kier molecular flexibility index (Phi) is 2.62. The van der Waals surface area contributed by atoms with E-state index in [1.54, 1.807) is 6.20 Å². The lowest BCUT2D eigenvalue weighted by Gasteiger charge is -2.29. The number of hydrogen-bond donors (Lipinski definition) is 1. The van der Waals surface area contributed by atoms with Gasteiger partial charge in [-0.2, -0.15) is 0 Å². The second-order valence-corrected chi connectivity index (χ2v) is 5.79. The fourth-order valence-electron chi connectivity index (χ4n) is 3.03. The van der Waals surface area contributed by atoms with Gasteiger partial charge in [-0.05, 0) is 18.1 Å². The highest BCUT2D eigenvalue weighted by molar-refractivity contribution is 6.04. The van der Waals surface area contributed by atoms with Crippen molar-refractivity contribution in [2.45, 2.75) is 26.5 Å². The van der Waals surface area contributed by atoms with Crippen LogP contribution in [0.25, 0.3) is 22.1 Å². The van der Waals surface area contributed by atoms with Crippen molar-refractivity contribution in [2.75, 3.05) is 12.3 Å². The maximum absolute atomic E-state index is 6.10. The molecule has 0 amide bonds. The molecule has 0 saturated carbocycles. The van der Waals surface area contributed by atoms with Crippen molar-refractivity contribution in [3.05, 3.63) is 24.2 Å². The van der Waals surface area contributed by atoms with E-state index in [4.69, 9.17) is 10.5 Å². The normalized spacial score (nSPS) is 18.5. The van der Waals surface area contributed by atoms with Crippen molar-refractivity contribution in [2.24, 2.45) is 5.92 Å². The fourth-order valence-corrected chi connectivity index (χ4v) is 3.03. The lowest BCUT2D eigenvalue weighted by Crippen LogP contribution is -2.27. The number of nitrogens with two attached hydrogens (primary N) is 1. The quantitative estimate of drug-likeness (QED) is 0.741. The Morgan fingerprint density at radius 1 is 1.33 bits per heavy atom. The van der Waals surface area contributed by atoms with Gasteiger partial charge in [0, 0.05) is 6.20 Å². The van der Waals surface area contributed by atoms with Gasteiger partial charge in [-0.15, -0.1) is 0 Å². The van der Waals surface area contributed by atoms with Gasteiger partial charge in [-0.3, -0.25) is 4.98 Å². The summed E-state index contributed by atoms with van der Waals surface area (Å²) in [5.41, 5.74) is 9.47. The molecule has 0 bridgehead atoms. The summed E-state index contributed by atoms with van der Waals surface area (Å²) < 4.78 is 7.93. The van der Waals surface area contributed by atoms with Crippen LogP contribution in [0.4, 0.5) is 5.82 Å². The molecule has 3 aromatic heterocycles. The van der Waals surface area contributed by atoms with Crippen LogP contribution in [-0.4, -0.2) is 26.1 Å². The minimum atomic E-state index is 0.241. The summed E-state index contributed by atoms with van der Waals surface area (Å²) in [5, 5.41) is 0. The third-order valence-corrected chi connectivity index (χ3v) is 4.10. The molecular formula is C15H17N5O. The highest BCUT2D eigenvalue weighted by Gasteiger charge is 2.28. The molecule has 3 aromatic rings. The van der Waals surface area contributed by atoms with E-state index in [2.05, 4.69) is 33.4 Å². The maximum atomic E-state index is 6.10. The summed E-state index contributed by atoms with van der Waals surface area (Å²) >= 11 is 0. The smallest absolute Gasteiger partial charge is 0.152 e. The van der Waals surface area contributed by atoms with E-state index in [0.29, 0.717) is 24.9 Å². The fraction of sp³-hybridized carbons (Fsp3) is 0.400. The first kappa shape index (κ1) is 12.5. The Bertz CT molecular complexity index is 839. The van der Waals surface area contributed by atoms with Crippen LogP contribution in [-0.2, 0) is 11.3 Å². The Labute approximate surface area is 122 Å². The van der Waals surface area contributed by atoms with Crippen LogP contribution in [0.3, 0.4) is 0 Å². The standard InChI is InChI=1S/C15H17N5O/c1-8(2)10-6-21-7-11-19-13-14(20(10)11)12-9(18-15(13)16)4-3-5-17-12/h3-5,8,10H,6-7H2,1-2H3,(H2,16,18)/t10-/m1/s1. The second kappa shape index (κ2) is 4.39. The molecule has 1 aliphatic rings. The molecule has 0 spiro atoms. The number of pyridine rings is 2. The molecule has 108 valence electrons. The SMILES string of the molecule is CC(C)[C@H]1COCc2nc3c(N)nc4cccnc4c3n21. The summed E-state index contributed by atoms with van der Waals surface area (Å²) in [7, 11) is 0. The monoisotopic (exact) mass is 283 g/mol. The first-order valence-corrected chi connectivity index (χ1v) is 7.15.